The van der Waals surface area contributed by atoms with Crippen LogP contribution in [0.3, 0.4) is 0 Å². The maximum absolute atomic E-state index is 12.4. The largest absolute Gasteiger partial charge is 0.345 e. The zero-order valence-electron chi connectivity index (χ0n) is 11.9. The van der Waals surface area contributed by atoms with E-state index >= 15 is 0 Å². The Balaban J connectivity index is 1.82. The summed E-state index contributed by atoms with van der Waals surface area (Å²) in [6.07, 6.45) is 0.924. The van der Waals surface area contributed by atoms with Crippen molar-refractivity contribution in [1.82, 2.24) is 5.32 Å². The Labute approximate surface area is 133 Å². The number of thiophene rings is 1. The molecule has 0 fully saturated rings. The number of carbonyl (C=O) groups is 1. The van der Waals surface area contributed by atoms with Crippen LogP contribution in [0.4, 0.5) is 0 Å². The van der Waals surface area contributed by atoms with Gasteiger partial charge in [-0.3, -0.25) is 4.79 Å². The normalized spacial score (nSPS) is 20.6. The van der Waals surface area contributed by atoms with Gasteiger partial charge < -0.3 is 5.32 Å². The zero-order chi connectivity index (χ0) is 15.9. The van der Waals surface area contributed by atoms with Crippen LogP contribution in [-0.2, 0) is 16.4 Å². The Hall–Kier alpha value is -1.70. The zero-order valence-corrected chi connectivity index (χ0v) is 13.6. The summed E-state index contributed by atoms with van der Waals surface area (Å²) in [7, 11) is -3.76. The predicted octanol–water partition coefficient (Wildman–Crippen LogP) is 2.06. The molecule has 0 saturated carbocycles. The van der Waals surface area contributed by atoms with E-state index in [2.05, 4.69) is 18.3 Å². The van der Waals surface area contributed by atoms with Crippen molar-refractivity contribution in [3.8, 4) is 0 Å². The van der Waals surface area contributed by atoms with Gasteiger partial charge in [-0.15, -0.1) is 11.3 Å². The molecule has 1 aromatic carbocycles. The van der Waals surface area contributed by atoms with E-state index in [1.54, 1.807) is 0 Å². The first kappa shape index (κ1) is 15.2. The van der Waals surface area contributed by atoms with E-state index in [1.165, 1.54) is 17.0 Å². The molecule has 1 aliphatic carbocycles. The molecule has 0 aliphatic heterocycles. The Bertz CT molecular complexity index is 827. The van der Waals surface area contributed by atoms with Crippen LogP contribution >= 0.6 is 11.3 Å². The molecule has 1 heterocycles. The fraction of sp³-hybridized carbons (Fsp3) is 0.267. The predicted molar refractivity (Wildman–Crippen MR) is 85.2 cm³/mol. The molecule has 0 spiro atoms. The van der Waals surface area contributed by atoms with Gasteiger partial charge in [0.2, 0.25) is 10.0 Å². The van der Waals surface area contributed by atoms with E-state index in [0.29, 0.717) is 11.5 Å². The minimum atomic E-state index is -3.76. The highest BCUT2D eigenvalue weighted by Gasteiger charge is 2.30. The fourth-order valence-corrected chi connectivity index (χ4v) is 4.41. The molecule has 2 aromatic rings. The minimum absolute atomic E-state index is 0.00230. The Morgan fingerprint density at radius 3 is 2.77 bits per heavy atom. The van der Waals surface area contributed by atoms with Crippen LogP contribution in [0, 0.1) is 5.92 Å². The highest BCUT2D eigenvalue weighted by atomic mass is 32.2. The second-order valence-corrected chi connectivity index (χ2v) is 8.23. The van der Waals surface area contributed by atoms with Gasteiger partial charge in [0.25, 0.3) is 5.91 Å². The summed E-state index contributed by atoms with van der Waals surface area (Å²) in [5.74, 6) is 0.0254. The van der Waals surface area contributed by atoms with Crippen LogP contribution in [0.1, 0.15) is 34.5 Å². The smallest absolute Gasteiger partial charge is 0.252 e. The number of nitrogens with two attached hydrogens (primary N) is 1. The molecule has 2 unspecified atom stereocenters. The molecule has 1 amide bonds. The molecule has 5 nitrogen and oxygen atoms in total. The van der Waals surface area contributed by atoms with E-state index in [0.717, 1.165) is 23.3 Å². The summed E-state index contributed by atoms with van der Waals surface area (Å²) in [6, 6.07) is 9.31. The van der Waals surface area contributed by atoms with Crippen molar-refractivity contribution in [2.24, 2.45) is 11.1 Å². The van der Waals surface area contributed by atoms with Crippen molar-refractivity contribution >= 4 is 27.3 Å². The number of fused-ring (bicyclic) bond motifs is 1. The number of rotatable bonds is 3. The third-order valence-corrected chi connectivity index (χ3v) is 6.29. The molecule has 116 valence electrons. The first-order valence-electron chi connectivity index (χ1n) is 6.86. The summed E-state index contributed by atoms with van der Waals surface area (Å²) in [6.45, 7) is 2.09. The Morgan fingerprint density at radius 1 is 1.36 bits per heavy atom. The summed E-state index contributed by atoms with van der Waals surface area (Å²) in [4.78, 5) is 12.4. The monoisotopic (exact) mass is 336 g/mol. The summed E-state index contributed by atoms with van der Waals surface area (Å²) >= 11 is 0.955. The lowest BCUT2D eigenvalue weighted by Crippen LogP contribution is -2.30. The van der Waals surface area contributed by atoms with E-state index in [9.17, 15) is 13.2 Å². The molecule has 3 rings (SSSR count). The number of benzene rings is 1. The third-order valence-electron chi connectivity index (χ3n) is 3.91. The molecule has 1 aliphatic rings. The number of sulfonamides is 1. The van der Waals surface area contributed by atoms with Gasteiger partial charge in [-0.25, -0.2) is 13.6 Å². The second-order valence-electron chi connectivity index (χ2n) is 5.53. The molecule has 0 radical (unpaired) electrons. The highest BCUT2D eigenvalue weighted by molar-refractivity contribution is 7.91. The van der Waals surface area contributed by atoms with Crippen LogP contribution in [0.25, 0.3) is 0 Å². The van der Waals surface area contributed by atoms with Gasteiger partial charge in [0.05, 0.1) is 11.6 Å². The van der Waals surface area contributed by atoms with Crippen molar-refractivity contribution in [2.75, 3.05) is 0 Å². The molecular formula is C15H16N2O3S2. The molecule has 2 atom stereocenters. The molecule has 0 bridgehead atoms. The van der Waals surface area contributed by atoms with Crippen LogP contribution in [-0.4, -0.2) is 14.3 Å². The highest BCUT2D eigenvalue weighted by Crippen LogP contribution is 2.35. The number of primary sulfonamides is 1. The third kappa shape index (κ3) is 2.79. The molecular weight excluding hydrogens is 320 g/mol. The van der Waals surface area contributed by atoms with Crippen LogP contribution in [0.5, 0.6) is 0 Å². The molecule has 0 saturated heterocycles. The average molecular weight is 336 g/mol. The lowest BCUT2D eigenvalue weighted by atomic mass is 10.0. The quantitative estimate of drug-likeness (QED) is 0.899. The number of nitrogens with one attached hydrogen (secondary N) is 1. The standard InChI is InChI=1S/C15H16N2O3S2/c1-9-6-10-4-2-3-5-12(10)14(9)17-15(18)11-7-13(21-8-11)22(16,19)20/h2-5,7-9,14H,6H2,1H3,(H,17,18)(H2,16,19,20). The minimum Gasteiger partial charge on any atom is -0.345 e. The van der Waals surface area contributed by atoms with E-state index in [1.807, 2.05) is 18.2 Å². The van der Waals surface area contributed by atoms with Gasteiger partial charge >= 0.3 is 0 Å². The van der Waals surface area contributed by atoms with Gasteiger partial charge in [-0.2, -0.15) is 0 Å². The van der Waals surface area contributed by atoms with Crippen molar-refractivity contribution in [1.29, 1.82) is 0 Å². The van der Waals surface area contributed by atoms with Crippen LogP contribution < -0.4 is 10.5 Å². The van der Waals surface area contributed by atoms with Crippen molar-refractivity contribution in [3.63, 3.8) is 0 Å². The maximum Gasteiger partial charge on any atom is 0.252 e. The number of hydrogen-bond donors (Lipinski definition) is 2. The number of hydrogen-bond acceptors (Lipinski definition) is 4. The Kier molecular flexibility index (Phi) is 3.80. The van der Waals surface area contributed by atoms with Gasteiger partial charge in [0.1, 0.15) is 4.21 Å². The number of amides is 1. The molecule has 3 N–H and O–H groups in total. The Morgan fingerprint density at radius 2 is 2.09 bits per heavy atom. The summed E-state index contributed by atoms with van der Waals surface area (Å²) in [5.41, 5.74) is 2.70. The second kappa shape index (κ2) is 5.49. The summed E-state index contributed by atoms with van der Waals surface area (Å²) < 4.78 is 22.6. The SMILES string of the molecule is CC1Cc2ccccc2C1NC(=O)c1csc(S(N)(=O)=O)c1. The first-order chi connectivity index (χ1) is 10.4. The van der Waals surface area contributed by atoms with Gasteiger partial charge in [0, 0.05) is 5.38 Å². The van der Waals surface area contributed by atoms with Crippen molar-refractivity contribution in [2.45, 2.75) is 23.6 Å². The van der Waals surface area contributed by atoms with E-state index in [-0.39, 0.29) is 16.2 Å². The molecule has 22 heavy (non-hydrogen) atoms. The lowest BCUT2D eigenvalue weighted by Gasteiger charge is -2.18. The lowest BCUT2D eigenvalue weighted by molar-refractivity contribution is 0.0927. The van der Waals surface area contributed by atoms with Crippen LogP contribution in [0.15, 0.2) is 39.9 Å². The number of carbonyl (C=O) groups excluding carboxylic acids is 1. The fourth-order valence-electron chi connectivity index (χ4n) is 2.82. The van der Waals surface area contributed by atoms with Crippen molar-refractivity contribution in [3.05, 3.63) is 52.4 Å². The van der Waals surface area contributed by atoms with Crippen LogP contribution in [0.2, 0.25) is 0 Å². The van der Waals surface area contributed by atoms with Gasteiger partial charge in [-0.1, -0.05) is 31.2 Å². The average Bonchev–Trinajstić information content (AvgIpc) is 3.04. The summed E-state index contributed by atoms with van der Waals surface area (Å²) in [5, 5.41) is 9.58. The molecule has 1 aromatic heterocycles. The van der Waals surface area contributed by atoms with E-state index in [4.69, 9.17) is 5.14 Å². The maximum atomic E-state index is 12.4. The topological polar surface area (TPSA) is 89.3 Å². The van der Waals surface area contributed by atoms with Crippen molar-refractivity contribution < 1.29 is 13.2 Å². The van der Waals surface area contributed by atoms with Gasteiger partial charge in [0.15, 0.2) is 0 Å². The molecule has 7 heteroatoms. The van der Waals surface area contributed by atoms with Gasteiger partial charge in [-0.05, 0) is 29.5 Å². The van der Waals surface area contributed by atoms with E-state index < -0.39 is 10.0 Å². The first-order valence-corrected chi connectivity index (χ1v) is 9.29.